The van der Waals surface area contributed by atoms with Crippen molar-refractivity contribution in [2.24, 2.45) is 0 Å². The van der Waals surface area contributed by atoms with E-state index in [1.165, 1.54) is 12.8 Å². The van der Waals surface area contributed by atoms with Gasteiger partial charge < -0.3 is 10.2 Å². The highest BCUT2D eigenvalue weighted by molar-refractivity contribution is 5.76. The Morgan fingerprint density at radius 1 is 1.29 bits per heavy atom. The molecule has 0 radical (unpaired) electrons. The van der Waals surface area contributed by atoms with E-state index in [2.05, 4.69) is 10.4 Å². The third-order valence-corrected chi connectivity index (χ3v) is 3.05. The minimum Gasteiger partial charge on any atom is -0.343 e. The van der Waals surface area contributed by atoms with Gasteiger partial charge in [0, 0.05) is 45.0 Å². The molecular weight excluding hydrogens is 216 g/mol. The summed E-state index contributed by atoms with van der Waals surface area (Å²) in [6.07, 6.45) is 6.66. The highest BCUT2D eigenvalue weighted by Gasteiger charge is 2.16. The molecule has 1 aliphatic heterocycles. The molecule has 1 amide bonds. The highest BCUT2D eigenvalue weighted by atomic mass is 16.2. The molecule has 1 aromatic heterocycles. The number of amides is 1. The topological polar surface area (TPSA) is 50.2 Å². The van der Waals surface area contributed by atoms with Gasteiger partial charge in [-0.15, -0.1) is 0 Å². The number of rotatable bonds is 6. The molecule has 0 spiro atoms. The number of nitrogens with zero attached hydrogens (tertiary/aromatic N) is 3. The molecule has 94 valence electrons. The van der Waals surface area contributed by atoms with Gasteiger partial charge in [-0.2, -0.15) is 5.10 Å². The smallest absolute Gasteiger partial charge is 0.223 e. The highest BCUT2D eigenvalue weighted by Crippen LogP contribution is 2.08. The van der Waals surface area contributed by atoms with Crippen LogP contribution in [0.25, 0.3) is 0 Å². The fourth-order valence-corrected chi connectivity index (χ4v) is 2.07. The number of nitrogens with one attached hydrogen (secondary N) is 1. The monoisotopic (exact) mass is 236 g/mol. The van der Waals surface area contributed by atoms with Gasteiger partial charge in [0.25, 0.3) is 0 Å². The molecule has 0 atom stereocenters. The molecule has 0 bridgehead atoms. The molecule has 2 rings (SSSR count). The summed E-state index contributed by atoms with van der Waals surface area (Å²) in [6, 6.07) is 1.91. The van der Waals surface area contributed by atoms with Crippen LogP contribution in [0.5, 0.6) is 0 Å². The maximum atomic E-state index is 11.7. The van der Waals surface area contributed by atoms with Crippen molar-refractivity contribution in [2.45, 2.75) is 25.8 Å². The van der Waals surface area contributed by atoms with E-state index < -0.39 is 0 Å². The van der Waals surface area contributed by atoms with Crippen LogP contribution in [0.3, 0.4) is 0 Å². The van der Waals surface area contributed by atoms with Gasteiger partial charge in [-0.25, -0.2) is 0 Å². The Morgan fingerprint density at radius 2 is 2.12 bits per heavy atom. The fraction of sp³-hybridized carbons (Fsp3) is 0.667. The average molecular weight is 236 g/mol. The van der Waals surface area contributed by atoms with Crippen molar-refractivity contribution in [1.82, 2.24) is 20.0 Å². The van der Waals surface area contributed by atoms with Crippen LogP contribution in [0.15, 0.2) is 18.5 Å². The molecule has 1 aromatic rings. The van der Waals surface area contributed by atoms with Crippen molar-refractivity contribution in [2.75, 3.05) is 26.2 Å². The predicted molar refractivity (Wildman–Crippen MR) is 65.5 cm³/mol. The number of likely N-dealkylation sites (tertiary alicyclic amines) is 1. The van der Waals surface area contributed by atoms with E-state index in [0.29, 0.717) is 6.42 Å². The minimum absolute atomic E-state index is 0.286. The number of carbonyl (C=O) groups excluding carboxylic acids is 1. The maximum Gasteiger partial charge on any atom is 0.223 e. The van der Waals surface area contributed by atoms with Crippen LogP contribution in [-0.4, -0.2) is 46.8 Å². The summed E-state index contributed by atoms with van der Waals surface area (Å²) < 4.78 is 1.88. The second-order valence-electron chi connectivity index (χ2n) is 4.36. The molecule has 0 unspecified atom stereocenters. The summed E-state index contributed by atoms with van der Waals surface area (Å²) in [5.41, 5.74) is 0. The first-order valence-electron chi connectivity index (χ1n) is 6.32. The van der Waals surface area contributed by atoms with Crippen LogP contribution in [0.4, 0.5) is 0 Å². The molecule has 1 aliphatic rings. The van der Waals surface area contributed by atoms with Gasteiger partial charge in [0.15, 0.2) is 0 Å². The zero-order valence-corrected chi connectivity index (χ0v) is 10.1. The Kier molecular flexibility index (Phi) is 4.55. The third-order valence-electron chi connectivity index (χ3n) is 3.05. The van der Waals surface area contributed by atoms with Crippen molar-refractivity contribution >= 4 is 5.91 Å². The first-order chi connectivity index (χ1) is 8.36. The fourth-order valence-electron chi connectivity index (χ4n) is 2.07. The van der Waals surface area contributed by atoms with E-state index in [9.17, 15) is 4.79 Å². The van der Waals surface area contributed by atoms with Crippen molar-refractivity contribution < 1.29 is 4.79 Å². The van der Waals surface area contributed by atoms with Crippen LogP contribution in [0.2, 0.25) is 0 Å². The Balaban J connectivity index is 1.52. The molecule has 1 saturated heterocycles. The Bertz CT molecular complexity index is 330. The van der Waals surface area contributed by atoms with Crippen molar-refractivity contribution in [3.8, 4) is 0 Å². The third kappa shape index (κ3) is 3.85. The second kappa shape index (κ2) is 6.39. The molecular formula is C12H20N4O. The van der Waals surface area contributed by atoms with Crippen LogP contribution in [0, 0.1) is 0 Å². The zero-order chi connectivity index (χ0) is 11.9. The number of hydrogen-bond acceptors (Lipinski definition) is 3. The van der Waals surface area contributed by atoms with Gasteiger partial charge in [0.05, 0.1) is 6.54 Å². The molecule has 5 heteroatoms. The maximum absolute atomic E-state index is 11.7. The standard InChI is InChI=1S/C12H20N4O/c17-12(15-8-1-2-9-15)4-6-13-7-11-16-10-3-5-14-16/h3,5,10,13H,1-2,4,6-9,11H2. The first-order valence-corrected chi connectivity index (χ1v) is 6.32. The lowest BCUT2D eigenvalue weighted by atomic mass is 10.3. The van der Waals surface area contributed by atoms with Crippen LogP contribution < -0.4 is 5.32 Å². The first kappa shape index (κ1) is 12.1. The van der Waals surface area contributed by atoms with E-state index >= 15 is 0 Å². The summed E-state index contributed by atoms with van der Waals surface area (Å²) in [6.45, 7) is 4.37. The van der Waals surface area contributed by atoms with Crippen LogP contribution in [0.1, 0.15) is 19.3 Å². The van der Waals surface area contributed by atoms with Crippen molar-refractivity contribution in [3.63, 3.8) is 0 Å². The van der Waals surface area contributed by atoms with E-state index in [-0.39, 0.29) is 5.91 Å². The SMILES string of the molecule is O=C(CCNCCn1cccn1)N1CCCC1. The lowest BCUT2D eigenvalue weighted by Crippen LogP contribution is -2.31. The van der Waals surface area contributed by atoms with E-state index in [1.54, 1.807) is 6.20 Å². The molecule has 5 nitrogen and oxygen atoms in total. The zero-order valence-electron chi connectivity index (χ0n) is 10.1. The molecule has 0 saturated carbocycles. The Labute approximate surface area is 102 Å². The summed E-state index contributed by atoms with van der Waals surface area (Å²) in [5, 5.41) is 7.38. The lowest BCUT2D eigenvalue weighted by molar-refractivity contribution is -0.130. The van der Waals surface area contributed by atoms with Gasteiger partial charge in [0.2, 0.25) is 5.91 Å². The van der Waals surface area contributed by atoms with Crippen molar-refractivity contribution in [3.05, 3.63) is 18.5 Å². The summed E-state index contributed by atoms with van der Waals surface area (Å²) >= 11 is 0. The largest absolute Gasteiger partial charge is 0.343 e. The Morgan fingerprint density at radius 3 is 2.82 bits per heavy atom. The number of carbonyl (C=O) groups is 1. The lowest BCUT2D eigenvalue weighted by Gasteiger charge is -2.15. The van der Waals surface area contributed by atoms with Crippen molar-refractivity contribution in [1.29, 1.82) is 0 Å². The van der Waals surface area contributed by atoms with Gasteiger partial charge in [-0.1, -0.05) is 0 Å². The number of hydrogen-bond donors (Lipinski definition) is 1. The van der Waals surface area contributed by atoms with Gasteiger partial charge >= 0.3 is 0 Å². The summed E-state index contributed by atoms with van der Waals surface area (Å²) in [4.78, 5) is 13.7. The van der Waals surface area contributed by atoms with Gasteiger partial charge in [-0.3, -0.25) is 9.48 Å². The van der Waals surface area contributed by atoms with E-state index in [1.807, 2.05) is 21.8 Å². The average Bonchev–Trinajstić information content (AvgIpc) is 3.01. The molecule has 2 heterocycles. The van der Waals surface area contributed by atoms with Gasteiger partial charge in [-0.05, 0) is 18.9 Å². The quantitative estimate of drug-likeness (QED) is 0.731. The number of aromatic nitrogens is 2. The molecule has 0 aromatic carbocycles. The summed E-state index contributed by atoms with van der Waals surface area (Å²) in [5.74, 6) is 0.286. The molecule has 1 N–H and O–H groups in total. The second-order valence-corrected chi connectivity index (χ2v) is 4.36. The normalized spacial score (nSPS) is 15.4. The Hall–Kier alpha value is -1.36. The van der Waals surface area contributed by atoms with E-state index in [4.69, 9.17) is 0 Å². The molecule has 0 aliphatic carbocycles. The molecule has 1 fully saturated rings. The summed E-state index contributed by atoms with van der Waals surface area (Å²) in [7, 11) is 0. The predicted octanol–water partition coefficient (Wildman–Crippen LogP) is 0.485. The van der Waals surface area contributed by atoms with E-state index in [0.717, 1.165) is 32.7 Å². The van der Waals surface area contributed by atoms with Crippen LogP contribution >= 0.6 is 0 Å². The molecule has 17 heavy (non-hydrogen) atoms. The van der Waals surface area contributed by atoms with Gasteiger partial charge in [0.1, 0.15) is 0 Å². The minimum atomic E-state index is 0.286. The van der Waals surface area contributed by atoms with Crippen LogP contribution in [-0.2, 0) is 11.3 Å².